The van der Waals surface area contributed by atoms with Gasteiger partial charge in [-0.1, -0.05) is 6.92 Å². The number of benzene rings is 1. The lowest BCUT2D eigenvalue weighted by Gasteiger charge is -1.96. The van der Waals surface area contributed by atoms with Crippen molar-refractivity contribution >= 4 is 5.69 Å². The zero-order chi connectivity index (χ0) is 11.5. The topological polar surface area (TPSA) is 71.8 Å². The first-order chi connectivity index (χ1) is 7.70. The number of aromatic nitrogens is 2. The van der Waals surface area contributed by atoms with E-state index in [1.54, 1.807) is 18.3 Å². The van der Waals surface area contributed by atoms with Crippen LogP contribution in [0.1, 0.15) is 12.7 Å². The van der Waals surface area contributed by atoms with Gasteiger partial charge < -0.3 is 4.98 Å². The van der Waals surface area contributed by atoms with Gasteiger partial charge in [0.05, 0.1) is 16.8 Å². The summed E-state index contributed by atoms with van der Waals surface area (Å²) in [5.74, 6) is 0.911. The summed E-state index contributed by atoms with van der Waals surface area (Å²) in [6.45, 7) is 2.01. The normalized spacial score (nSPS) is 10.3. The summed E-state index contributed by atoms with van der Waals surface area (Å²) in [4.78, 5) is 17.4. The summed E-state index contributed by atoms with van der Waals surface area (Å²) in [6.07, 6.45) is 2.58. The summed E-state index contributed by atoms with van der Waals surface area (Å²) in [5, 5.41) is 10.5. The highest BCUT2D eigenvalue weighted by Gasteiger charge is 2.06. The van der Waals surface area contributed by atoms with E-state index < -0.39 is 4.92 Å². The molecule has 0 aliphatic heterocycles. The lowest BCUT2D eigenvalue weighted by Crippen LogP contribution is -1.87. The molecule has 1 aromatic carbocycles. The van der Waals surface area contributed by atoms with Crippen LogP contribution in [0.15, 0.2) is 30.5 Å². The van der Waals surface area contributed by atoms with Crippen LogP contribution in [-0.2, 0) is 6.42 Å². The van der Waals surface area contributed by atoms with Crippen molar-refractivity contribution in [2.75, 3.05) is 0 Å². The molecule has 1 aromatic heterocycles. The van der Waals surface area contributed by atoms with Gasteiger partial charge in [0.15, 0.2) is 0 Å². The highest BCUT2D eigenvalue weighted by molar-refractivity contribution is 5.60. The van der Waals surface area contributed by atoms with Crippen LogP contribution in [0.5, 0.6) is 0 Å². The van der Waals surface area contributed by atoms with Gasteiger partial charge in [-0.05, 0) is 12.1 Å². The fourth-order valence-electron chi connectivity index (χ4n) is 1.45. The van der Waals surface area contributed by atoms with E-state index in [0.717, 1.165) is 23.5 Å². The van der Waals surface area contributed by atoms with Crippen molar-refractivity contribution < 1.29 is 4.92 Å². The number of H-pyrrole nitrogens is 1. The Kier molecular flexibility index (Phi) is 2.68. The minimum absolute atomic E-state index is 0.0963. The third kappa shape index (κ3) is 1.93. The lowest BCUT2D eigenvalue weighted by molar-refractivity contribution is -0.384. The third-order valence-corrected chi connectivity index (χ3v) is 2.35. The molecule has 16 heavy (non-hydrogen) atoms. The number of rotatable bonds is 3. The monoisotopic (exact) mass is 217 g/mol. The van der Waals surface area contributed by atoms with E-state index in [2.05, 4.69) is 9.97 Å². The van der Waals surface area contributed by atoms with Gasteiger partial charge >= 0.3 is 0 Å². The largest absolute Gasteiger partial charge is 0.342 e. The van der Waals surface area contributed by atoms with Crippen LogP contribution in [0.2, 0.25) is 0 Å². The standard InChI is InChI=1S/C11H11N3O2/c1-2-11-12-7-10(13-11)8-3-5-9(6-4-8)14(15)16/h3-7H,2H2,1H3,(H,12,13). The summed E-state index contributed by atoms with van der Waals surface area (Å²) >= 11 is 0. The Morgan fingerprint density at radius 2 is 2.06 bits per heavy atom. The Labute approximate surface area is 92.3 Å². The van der Waals surface area contributed by atoms with E-state index in [1.165, 1.54) is 12.1 Å². The molecule has 0 aliphatic carbocycles. The molecule has 0 bridgehead atoms. The van der Waals surface area contributed by atoms with Crippen molar-refractivity contribution in [2.24, 2.45) is 0 Å². The van der Waals surface area contributed by atoms with Gasteiger partial charge in [0, 0.05) is 24.1 Å². The minimum Gasteiger partial charge on any atom is -0.342 e. The summed E-state index contributed by atoms with van der Waals surface area (Å²) < 4.78 is 0. The number of aromatic amines is 1. The van der Waals surface area contributed by atoms with E-state index in [9.17, 15) is 10.1 Å². The van der Waals surface area contributed by atoms with Crippen LogP contribution in [0.3, 0.4) is 0 Å². The molecule has 0 amide bonds. The summed E-state index contributed by atoms with van der Waals surface area (Å²) in [7, 11) is 0. The zero-order valence-corrected chi connectivity index (χ0v) is 8.80. The summed E-state index contributed by atoms with van der Waals surface area (Å²) in [6, 6.07) is 6.40. The first-order valence-corrected chi connectivity index (χ1v) is 4.99. The first-order valence-electron chi connectivity index (χ1n) is 4.99. The maximum Gasteiger partial charge on any atom is 0.269 e. The van der Waals surface area contributed by atoms with Crippen LogP contribution in [-0.4, -0.2) is 14.9 Å². The highest BCUT2D eigenvalue weighted by atomic mass is 16.6. The second-order valence-electron chi connectivity index (χ2n) is 3.40. The van der Waals surface area contributed by atoms with Gasteiger partial charge in [0.1, 0.15) is 5.82 Å². The Hall–Kier alpha value is -2.17. The number of nitrogens with zero attached hydrogens (tertiary/aromatic N) is 2. The SMILES string of the molecule is CCc1ncc(-c2ccc([N+](=O)[O-])cc2)[nH]1. The number of hydrogen-bond acceptors (Lipinski definition) is 3. The molecule has 0 saturated carbocycles. The van der Waals surface area contributed by atoms with Crippen LogP contribution in [0.4, 0.5) is 5.69 Å². The second-order valence-corrected chi connectivity index (χ2v) is 3.40. The molecule has 5 nitrogen and oxygen atoms in total. The Morgan fingerprint density at radius 1 is 1.38 bits per heavy atom. The third-order valence-electron chi connectivity index (χ3n) is 2.35. The van der Waals surface area contributed by atoms with E-state index >= 15 is 0 Å². The molecule has 2 rings (SSSR count). The fraction of sp³-hybridized carbons (Fsp3) is 0.182. The molecule has 0 radical (unpaired) electrons. The average molecular weight is 217 g/mol. The van der Waals surface area contributed by atoms with Crippen molar-refractivity contribution in [1.82, 2.24) is 9.97 Å². The molecule has 5 heteroatoms. The molecule has 1 heterocycles. The average Bonchev–Trinajstić information content (AvgIpc) is 2.77. The summed E-state index contributed by atoms with van der Waals surface area (Å²) in [5.41, 5.74) is 1.88. The molecule has 0 spiro atoms. The van der Waals surface area contributed by atoms with Gasteiger partial charge in [0.25, 0.3) is 5.69 Å². The first kappa shape index (κ1) is 10.4. The van der Waals surface area contributed by atoms with Crippen LogP contribution >= 0.6 is 0 Å². The van der Waals surface area contributed by atoms with Gasteiger partial charge in [-0.3, -0.25) is 10.1 Å². The van der Waals surface area contributed by atoms with Gasteiger partial charge in [-0.15, -0.1) is 0 Å². The van der Waals surface area contributed by atoms with Crippen LogP contribution in [0, 0.1) is 10.1 Å². The number of nitro groups is 1. The molecule has 0 saturated heterocycles. The molecular weight excluding hydrogens is 206 g/mol. The quantitative estimate of drug-likeness (QED) is 0.634. The van der Waals surface area contributed by atoms with Crippen LogP contribution in [0.25, 0.3) is 11.3 Å². The number of aryl methyl sites for hydroxylation is 1. The van der Waals surface area contributed by atoms with E-state index in [0.29, 0.717) is 0 Å². The van der Waals surface area contributed by atoms with Gasteiger partial charge in [0.2, 0.25) is 0 Å². The predicted molar refractivity (Wildman–Crippen MR) is 60.1 cm³/mol. The molecule has 0 atom stereocenters. The van der Waals surface area contributed by atoms with Gasteiger partial charge in [-0.25, -0.2) is 4.98 Å². The van der Waals surface area contributed by atoms with Crippen molar-refractivity contribution in [2.45, 2.75) is 13.3 Å². The number of nitro benzene ring substituents is 1. The van der Waals surface area contributed by atoms with Crippen molar-refractivity contribution in [1.29, 1.82) is 0 Å². The molecule has 82 valence electrons. The van der Waals surface area contributed by atoms with Gasteiger partial charge in [-0.2, -0.15) is 0 Å². The predicted octanol–water partition coefficient (Wildman–Crippen LogP) is 2.55. The van der Waals surface area contributed by atoms with Crippen molar-refractivity contribution in [3.05, 3.63) is 46.4 Å². The van der Waals surface area contributed by atoms with Crippen LogP contribution < -0.4 is 0 Å². The maximum absolute atomic E-state index is 10.5. The Bertz CT molecular complexity index is 502. The number of imidazole rings is 1. The molecule has 0 aliphatic rings. The maximum atomic E-state index is 10.5. The highest BCUT2D eigenvalue weighted by Crippen LogP contribution is 2.20. The molecule has 2 aromatic rings. The van der Waals surface area contributed by atoms with Crippen molar-refractivity contribution in [3.63, 3.8) is 0 Å². The lowest BCUT2D eigenvalue weighted by atomic mass is 10.1. The number of non-ortho nitro benzene ring substituents is 1. The van der Waals surface area contributed by atoms with E-state index in [4.69, 9.17) is 0 Å². The Morgan fingerprint density at radius 3 is 2.56 bits per heavy atom. The van der Waals surface area contributed by atoms with E-state index in [1.807, 2.05) is 6.92 Å². The zero-order valence-electron chi connectivity index (χ0n) is 8.80. The molecule has 1 N–H and O–H groups in total. The molecular formula is C11H11N3O2. The molecule has 0 unspecified atom stereocenters. The Balaban J connectivity index is 2.30. The number of hydrogen-bond donors (Lipinski definition) is 1. The smallest absolute Gasteiger partial charge is 0.269 e. The second kappa shape index (κ2) is 4.14. The number of nitrogens with one attached hydrogen (secondary N) is 1. The fourth-order valence-corrected chi connectivity index (χ4v) is 1.45. The van der Waals surface area contributed by atoms with E-state index in [-0.39, 0.29) is 5.69 Å². The minimum atomic E-state index is -0.409. The van der Waals surface area contributed by atoms with Crippen molar-refractivity contribution in [3.8, 4) is 11.3 Å². The molecule has 0 fully saturated rings.